The number of hydrogen-bond donors (Lipinski definition) is 1. The van der Waals surface area contributed by atoms with Crippen LogP contribution >= 0.6 is 0 Å². The van der Waals surface area contributed by atoms with Crippen LogP contribution in [0.2, 0.25) is 0 Å². The van der Waals surface area contributed by atoms with E-state index in [2.05, 4.69) is 23.0 Å². The second kappa shape index (κ2) is 5.41. The van der Waals surface area contributed by atoms with E-state index in [4.69, 9.17) is 5.73 Å². The standard InChI is InChI=1S/C13H21N3/c1-16(8-6-13(14)12-4-5-12)10-11-3-2-7-15-9-11/h2-3,7,9,12-13H,4-6,8,10,14H2,1H3. The van der Waals surface area contributed by atoms with Crippen molar-refractivity contribution in [1.29, 1.82) is 0 Å². The van der Waals surface area contributed by atoms with Crippen molar-refractivity contribution >= 4 is 0 Å². The summed E-state index contributed by atoms with van der Waals surface area (Å²) in [5.41, 5.74) is 7.35. The van der Waals surface area contributed by atoms with Gasteiger partial charge in [0.05, 0.1) is 0 Å². The Balaban J connectivity index is 1.69. The molecule has 0 amide bonds. The van der Waals surface area contributed by atoms with Crippen molar-refractivity contribution in [3.8, 4) is 0 Å². The van der Waals surface area contributed by atoms with Gasteiger partial charge in [-0.05, 0) is 50.4 Å². The molecule has 0 spiro atoms. The molecule has 1 atom stereocenters. The quantitative estimate of drug-likeness (QED) is 0.791. The van der Waals surface area contributed by atoms with E-state index >= 15 is 0 Å². The van der Waals surface area contributed by atoms with Gasteiger partial charge in [0.1, 0.15) is 0 Å². The predicted molar refractivity (Wildman–Crippen MR) is 65.9 cm³/mol. The van der Waals surface area contributed by atoms with Crippen molar-refractivity contribution in [3.63, 3.8) is 0 Å². The average Bonchev–Trinajstić information content (AvgIpc) is 3.11. The van der Waals surface area contributed by atoms with Crippen LogP contribution in [-0.4, -0.2) is 29.5 Å². The second-order valence-electron chi connectivity index (χ2n) is 4.89. The summed E-state index contributed by atoms with van der Waals surface area (Å²) in [5, 5.41) is 0. The summed E-state index contributed by atoms with van der Waals surface area (Å²) < 4.78 is 0. The highest BCUT2D eigenvalue weighted by Gasteiger charge is 2.28. The maximum Gasteiger partial charge on any atom is 0.0312 e. The fraction of sp³-hybridized carbons (Fsp3) is 0.615. The zero-order chi connectivity index (χ0) is 11.4. The monoisotopic (exact) mass is 219 g/mol. The molecule has 0 bridgehead atoms. The second-order valence-corrected chi connectivity index (χ2v) is 4.89. The van der Waals surface area contributed by atoms with E-state index in [0.717, 1.165) is 25.4 Å². The molecular weight excluding hydrogens is 198 g/mol. The fourth-order valence-corrected chi connectivity index (χ4v) is 2.01. The van der Waals surface area contributed by atoms with Crippen molar-refractivity contribution in [2.45, 2.75) is 31.8 Å². The normalized spacial score (nSPS) is 17.7. The molecule has 1 aliphatic carbocycles. The van der Waals surface area contributed by atoms with Crippen LogP contribution in [0.15, 0.2) is 24.5 Å². The Hall–Kier alpha value is -0.930. The minimum Gasteiger partial charge on any atom is -0.327 e. The summed E-state index contributed by atoms with van der Waals surface area (Å²) in [6, 6.07) is 4.51. The molecule has 1 saturated carbocycles. The van der Waals surface area contributed by atoms with Crippen LogP contribution in [0.4, 0.5) is 0 Å². The van der Waals surface area contributed by atoms with E-state index < -0.39 is 0 Å². The van der Waals surface area contributed by atoms with Gasteiger partial charge in [-0.1, -0.05) is 6.07 Å². The first kappa shape index (κ1) is 11.6. The molecule has 1 fully saturated rings. The van der Waals surface area contributed by atoms with Gasteiger partial charge < -0.3 is 10.6 Å². The summed E-state index contributed by atoms with van der Waals surface area (Å²) in [6.07, 6.45) is 7.53. The first-order chi connectivity index (χ1) is 7.75. The fourth-order valence-electron chi connectivity index (χ4n) is 2.01. The van der Waals surface area contributed by atoms with Gasteiger partial charge in [-0.3, -0.25) is 4.98 Å². The van der Waals surface area contributed by atoms with Gasteiger partial charge in [0, 0.05) is 25.0 Å². The van der Waals surface area contributed by atoms with Gasteiger partial charge in [-0.25, -0.2) is 0 Å². The van der Waals surface area contributed by atoms with Gasteiger partial charge in [0.2, 0.25) is 0 Å². The minimum absolute atomic E-state index is 0.413. The maximum absolute atomic E-state index is 6.08. The highest BCUT2D eigenvalue weighted by molar-refractivity contribution is 5.07. The van der Waals surface area contributed by atoms with Crippen LogP contribution in [0.5, 0.6) is 0 Å². The largest absolute Gasteiger partial charge is 0.327 e. The highest BCUT2D eigenvalue weighted by atomic mass is 15.1. The molecule has 1 unspecified atom stereocenters. The SMILES string of the molecule is CN(CCC(N)C1CC1)Cc1cccnc1. The predicted octanol–water partition coefficient (Wildman–Crippen LogP) is 1.64. The first-order valence-corrected chi connectivity index (χ1v) is 6.09. The molecule has 1 aromatic heterocycles. The molecule has 2 N–H and O–H groups in total. The van der Waals surface area contributed by atoms with Gasteiger partial charge in [0.25, 0.3) is 0 Å². The Morgan fingerprint density at radius 1 is 1.56 bits per heavy atom. The molecule has 1 heterocycles. The Morgan fingerprint density at radius 3 is 3.00 bits per heavy atom. The van der Waals surface area contributed by atoms with Gasteiger partial charge in [0.15, 0.2) is 0 Å². The summed E-state index contributed by atoms with van der Waals surface area (Å²) in [7, 11) is 2.15. The van der Waals surface area contributed by atoms with Gasteiger partial charge in [-0.15, -0.1) is 0 Å². The van der Waals surface area contributed by atoms with Crippen LogP contribution in [0.1, 0.15) is 24.8 Å². The number of pyridine rings is 1. The van der Waals surface area contributed by atoms with Crippen LogP contribution in [0.25, 0.3) is 0 Å². The lowest BCUT2D eigenvalue weighted by atomic mass is 10.1. The van der Waals surface area contributed by atoms with E-state index in [-0.39, 0.29) is 0 Å². The topological polar surface area (TPSA) is 42.1 Å². The maximum atomic E-state index is 6.08. The number of nitrogens with zero attached hydrogens (tertiary/aromatic N) is 2. The summed E-state index contributed by atoms with van der Waals surface area (Å²) in [6.45, 7) is 2.04. The van der Waals surface area contributed by atoms with Crippen molar-refractivity contribution in [1.82, 2.24) is 9.88 Å². The lowest BCUT2D eigenvalue weighted by Crippen LogP contribution is -2.29. The van der Waals surface area contributed by atoms with Crippen LogP contribution < -0.4 is 5.73 Å². The number of hydrogen-bond acceptors (Lipinski definition) is 3. The molecule has 2 rings (SSSR count). The Morgan fingerprint density at radius 2 is 2.38 bits per heavy atom. The Kier molecular flexibility index (Phi) is 3.91. The lowest BCUT2D eigenvalue weighted by molar-refractivity contribution is 0.305. The number of nitrogens with two attached hydrogens (primary N) is 1. The highest BCUT2D eigenvalue weighted by Crippen LogP contribution is 2.32. The molecule has 88 valence electrons. The van der Waals surface area contributed by atoms with E-state index in [1.54, 1.807) is 0 Å². The first-order valence-electron chi connectivity index (χ1n) is 6.09. The average molecular weight is 219 g/mol. The van der Waals surface area contributed by atoms with Crippen LogP contribution in [0.3, 0.4) is 0 Å². The van der Waals surface area contributed by atoms with Crippen molar-refractivity contribution in [3.05, 3.63) is 30.1 Å². The van der Waals surface area contributed by atoms with Gasteiger partial charge >= 0.3 is 0 Å². The third-order valence-corrected chi connectivity index (χ3v) is 3.25. The molecule has 1 aliphatic rings. The van der Waals surface area contributed by atoms with E-state index in [1.165, 1.54) is 18.4 Å². The van der Waals surface area contributed by atoms with Crippen LogP contribution in [-0.2, 0) is 6.54 Å². The zero-order valence-corrected chi connectivity index (χ0v) is 9.97. The van der Waals surface area contributed by atoms with E-state index in [1.807, 2.05) is 18.5 Å². The molecule has 3 nitrogen and oxygen atoms in total. The minimum atomic E-state index is 0.413. The lowest BCUT2D eigenvalue weighted by Gasteiger charge is -2.19. The zero-order valence-electron chi connectivity index (χ0n) is 9.97. The summed E-state index contributed by atoms with van der Waals surface area (Å²) >= 11 is 0. The molecule has 0 aromatic carbocycles. The molecular formula is C13H21N3. The molecule has 0 radical (unpaired) electrons. The van der Waals surface area contributed by atoms with E-state index in [0.29, 0.717) is 6.04 Å². The molecule has 0 aliphatic heterocycles. The smallest absolute Gasteiger partial charge is 0.0312 e. The van der Waals surface area contributed by atoms with Crippen molar-refractivity contribution in [2.24, 2.45) is 11.7 Å². The number of aromatic nitrogens is 1. The van der Waals surface area contributed by atoms with Gasteiger partial charge in [-0.2, -0.15) is 0 Å². The molecule has 3 heteroatoms. The third-order valence-electron chi connectivity index (χ3n) is 3.25. The number of rotatable bonds is 6. The Bertz CT molecular complexity index is 308. The van der Waals surface area contributed by atoms with Crippen molar-refractivity contribution in [2.75, 3.05) is 13.6 Å². The molecule has 16 heavy (non-hydrogen) atoms. The van der Waals surface area contributed by atoms with Crippen LogP contribution in [0, 0.1) is 5.92 Å². The summed E-state index contributed by atoms with van der Waals surface area (Å²) in [5.74, 6) is 0.812. The summed E-state index contributed by atoms with van der Waals surface area (Å²) in [4.78, 5) is 6.44. The van der Waals surface area contributed by atoms with E-state index in [9.17, 15) is 0 Å². The Labute approximate surface area is 97.7 Å². The molecule has 1 aromatic rings. The van der Waals surface area contributed by atoms with Crippen molar-refractivity contribution < 1.29 is 0 Å². The molecule has 0 saturated heterocycles. The third kappa shape index (κ3) is 3.58.